The number of aliphatic hydroxyl groups excluding tert-OH is 1. The van der Waals surface area contributed by atoms with Crippen molar-refractivity contribution in [1.82, 2.24) is 5.48 Å². The number of phenols is 1. The van der Waals surface area contributed by atoms with Crippen LogP contribution in [0.1, 0.15) is 55.2 Å². The molecule has 0 spiro atoms. The minimum absolute atomic E-state index is 0.0528. The monoisotopic (exact) mass is 451 g/mol. The van der Waals surface area contributed by atoms with E-state index in [2.05, 4.69) is 18.5 Å². The highest BCUT2D eigenvalue weighted by Gasteiger charge is 2.54. The van der Waals surface area contributed by atoms with Gasteiger partial charge in [0.25, 0.3) is 0 Å². The number of fused-ring (bicyclic) bond motifs is 5. The van der Waals surface area contributed by atoms with Crippen molar-refractivity contribution in [3.8, 4) is 17.2 Å². The maximum atomic E-state index is 10.7. The van der Waals surface area contributed by atoms with Gasteiger partial charge in [0.2, 0.25) is 0 Å². The van der Waals surface area contributed by atoms with Gasteiger partial charge in [0.15, 0.2) is 11.5 Å². The summed E-state index contributed by atoms with van der Waals surface area (Å²) in [6.45, 7) is 2.62. The molecule has 0 radical (unpaired) electrons. The fraction of sp³-hybridized carbons (Fsp3) is 0.481. The fourth-order valence-electron chi connectivity index (χ4n) is 6.38. The van der Waals surface area contributed by atoms with Gasteiger partial charge in [-0.3, -0.25) is 10.3 Å². The van der Waals surface area contributed by atoms with Gasteiger partial charge in [0.1, 0.15) is 5.75 Å². The Morgan fingerprint density at radius 1 is 1.09 bits per heavy atom. The zero-order valence-corrected chi connectivity index (χ0v) is 19.5. The SMILES string of the molecule is COc1cccc(CONC2=C[C@@H]3[C@H](CC[C@]4(C)[C@H](O)CC[C@@H]34)c3cc(OC)c(O)cc32)c1. The molecule has 0 bridgehead atoms. The van der Waals surface area contributed by atoms with Gasteiger partial charge in [-0.15, -0.1) is 0 Å². The summed E-state index contributed by atoms with van der Waals surface area (Å²) >= 11 is 0. The van der Waals surface area contributed by atoms with Crippen molar-refractivity contribution < 1.29 is 24.5 Å². The molecule has 0 saturated heterocycles. The number of phenolic OH excluding ortho intramolecular Hbond substituents is 1. The molecule has 2 fully saturated rings. The lowest BCUT2D eigenvalue weighted by molar-refractivity contribution is -0.00877. The first-order valence-corrected chi connectivity index (χ1v) is 11.8. The highest BCUT2D eigenvalue weighted by molar-refractivity contribution is 5.72. The van der Waals surface area contributed by atoms with E-state index in [4.69, 9.17) is 14.3 Å². The molecule has 0 amide bonds. The molecule has 6 heteroatoms. The number of hydrogen-bond acceptors (Lipinski definition) is 6. The van der Waals surface area contributed by atoms with Crippen LogP contribution in [0.4, 0.5) is 0 Å². The van der Waals surface area contributed by atoms with Crippen LogP contribution in [0.5, 0.6) is 17.2 Å². The Morgan fingerprint density at radius 2 is 1.94 bits per heavy atom. The van der Waals surface area contributed by atoms with Gasteiger partial charge < -0.3 is 19.7 Å². The van der Waals surface area contributed by atoms with Crippen LogP contribution >= 0.6 is 0 Å². The first-order chi connectivity index (χ1) is 15.9. The van der Waals surface area contributed by atoms with Crippen molar-refractivity contribution in [2.75, 3.05) is 14.2 Å². The van der Waals surface area contributed by atoms with Gasteiger partial charge in [0.05, 0.1) is 32.6 Å². The number of hydrogen-bond donors (Lipinski definition) is 3. The van der Waals surface area contributed by atoms with E-state index in [1.54, 1.807) is 20.3 Å². The van der Waals surface area contributed by atoms with Gasteiger partial charge >= 0.3 is 0 Å². The summed E-state index contributed by atoms with van der Waals surface area (Å²) in [6.07, 6.45) is 5.92. The van der Waals surface area contributed by atoms with Crippen LogP contribution in [-0.4, -0.2) is 30.5 Å². The second kappa shape index (κ2) is 8.58. The van der Waals surface area contributed by atoms with E-state index in [0.29, 0.717) is 30.1 Å². The minimum Gasteiger partial charge on any atom is -0.504 e. The topological polar surface area (TPSA) is 80.2 Å². The second-order valence-electron chi connectivity index (χ2n) is 9.86. The van der Waals surface area contributed by atoms with E-state index in [-0.39, 0.29) is 17.3 Å². The number of benzene rings is 2. The molecule has 33 heavy (non-hydrogen) atoms. The van der Waals surface area contributed by atoms with E-state index >= 15 is 0 Å². The smallest absolute Gasteiger partial charge is 0.160 e. The Balaban J connectivity index is 1.46. The lowest BCUT2D eigenvalue weighted by Gasteiger charge is -2.49. The maximum Gasteiger partial charge on any atom is 0.160 e. The summed E-state index contributed by atoms with van der Waals surface area (Å²) in [4.78, 5) is 5.91. The third-order valence-corrected chi connectivity index (χ3v) is 8.24. The van der Waals surface area contributed by atoms with Crippen molar-refractivity contribution in [3.05, 3.63) is 59.2 Å². The summed E-state index contributed by atoms with van der Waals surface area (Å²) in [7, 11) is 3.23. The van der Waals surface area contributed by atoms with Crippen molar-refractivity contribution >= 4 is 5.70 Å². The Kier molecular flexibility index (Phi) is 5.75. The van der Waals surface area contributed by atoms with Gasteiger partial charge in [-0.2, -0.15) is 0 Å². The number of aromatic hydroxyl groups is 1. The molecule has 0 aliphatic heterocycles. The molecule has 0 heterocycles. The Hall–Kier alpha value is -2.70. The van der Waals surface area contributed by atoms with Gasteiger partial charge in [-0.05, 0) is 84.2 Å². The van der Waals surface area contributed by atoms with Crippen molar-refractivity contribution in [2.24, 2.45) is 17.3 Å². The summed E-state index contributed by atoms with van der Waals surface area (Å²) < 4.78 is 10.7. The number of hydroxylamine groups is 1. The van der Waals surface area contributed by atoms with E-state index in [1.807, 2.05) is 30.3 Å². The zero-order chi connectivity index (χ0) is 23.2. The maximum absolute atomic E-state index is 10.7. The third-order valence-electron chi connectivity index (χ3n) is 8.24. The third kappa shape index (κ3) is 3.75. The van der Waals surface area contributed by atoms with E-state index < -0.39 is 0 Å². The van der Waals surface area contributed by atoms with E-state index in [1.165, 1.54) is 5.56 Å². The number of nitrogens with one attached hydrogen (secondary N) is 1. The molecule has 0 aromatic heterocycles. The molecule has 6 nitrogen and oxygen atoms in total. The fourth-order valence-corrected chi connectivity index (χ4v) is 6.38. The molecule has 3 aliphatic carbocycles. The van der Waals surface area contributed by atoms with Crippen molar-refractivity contribution in [1.29, 1.82) is 0 Å². The standard InChI is InChI=1S/C27H33NO5/c1-27-10-9-18-19-14-25(32-3)24(29)13-21(19)23(12-20(18)22(27)7-8-26(27)30)28-33-15-16-5-4-6-17(11-16)31-2/h4-6,11-14,18,20,22,26,28-30H,7-10,15H2,1-3H3/t18-,20-,22+,26-,27+/m1/s1. The average molecular weight is 452 g/mol. The molecule has 2 saturated carbocycles. The molecule has 3 N–H and O–H groups in total. The largest absolute Gasteiger partial charge is 0.504 e. The van der Waals surface area contributed by atoms with Gasteiger partial charge in [-0.25, -0.2) is 0 Å². The van der Waals surface area contributed by atoms with E-state index in [9.17, 15) is 10.2 Å². The van der Waals surface area contributed by atoms with Crippen LogP contribution in [0.2, 0.25) is 0 Å². The Bertz CT molecular complexity index is 1070. The van der Waals surface area contributed by atoms with Crippen molar-refractivity contribution in [2.45, 2.75) is 51.2 Å². The molecule has 2 aromatic carbocycles. The first-order valence-electron chi connectivity index (χ1n) is 11.8. The van der Waals surface area contributed by atoms with Crippen LogP contribution < -0.4 is 15.0 Å². The molecule has 5 atom stereocenters. The quantitative estimate of drug-likeness (QED) is 0.550. The predicted octanol–water partition coefficient (Wildman–Crippen LogP) is 4.76. The van der Waals surface area contributed by atoms with Crippen molar-refractivity contribution in [3.63, 3.8) is 0 Å². The van der Waals surface area contributed by atoms with Crippen LogP contribution in [0, 0.1) is 17.3 Å². The summed E-state index contributed by atoms with van der Waals surface area (Å²) in [5.74, 6) is 2.44. The van der Waals surface area contributed by atoms with Crippen LogP contribution in [0.25, 0.3) is 5.70 Å². The number of aliphatic hydroxyl groups is 1. The Labute approximate surface area is 195 Å². The second-order valence-corrected chi connectivity index (χ2v) is 9.86. The lowest BCUT2D eigenvalue weighted by Crippen LogP contribution is -2.43. The lowest BCUT2D eigenvalue weighted by atomic mass is 9.56. The van der Waals surface area contributed by atoms with E-state index in [0.717, 1.165) is 48.3 Å². The molecule has 0 unspecified atom stereocenters. The Morgan fingerprint density at radius 3 is 2.73 bits per heavy atom. The number of rotatable bonds is 6. The molecular formula is C27H33NO5. The predicted molar refractivity (Wildman–Crippen MR) is 126 cm³/mol. The summed E-state index contributed by atoms with van der Waals surface area (Å²) in [5.41, 5.74) is 7.10. The molecule has 3 aliphatic rings. The number of methoxy groups -OCH3 is 2. The first kappa shape index (κ1) is 22.1. The summed E-state index contributed by atoms with van der Waals surface area (Å²) in [6, 6.07) is 11.5. The minimum atomic E-state index is -0.242. The van der Waals surface area contributed by atoms with Crippen LogP contribution in [-0.2, 0) is 11.4 Å². The number of allylic oxidation sites excluding steroid dienone is 1. The van der Waals surface area contributed by atoms with Gasteiger partial charge in [-0.1, -0.05) is 25.1 Å². The van der Waals surface area contributed by atoms with Crippen LogP contribution in [0.3, 0.4) is 0 Å². The summed E-state index contributed by atoms with van der Waals surface area (Å²) in [5, 5.41) is 21.2. The molecule has 176 valence electrons. The van der Waals surface area contributed by atoms with Crippen LogP contribution in [0.15, 0.2) is 42.5 Å². The zero-order valence-electron chi connectivity index (χ0n) is 19.5. The normalized spacial score (nSPS) is 30.0. The highest BCUT2D eigenvalue weighted by atomic mass is 16.6. The average Bonchev–Trinajstić information content (AvgIpc) is 3.13. The number of ether oxygens (including phenoxy) is 2. The molecule has 5 rings (SSSR count). The van der Waals surface area contributed by atoms with Gasteiger partial charge in [0, 0.05) is 5.56 Å². The molecule has 2 aromatic rings. The highest BCUT2D eigenvalue weighted by Crippen LogP contribution is 2.61. The molecular weight excluding hydrogens is 418 g/mol.